The van der Waals surface area contributed by atoms with Gasteiger partial charge >= 0.3 is 0 Å². The van der Waals surface area contributed by atoms with Crippen molar-refractivity contribution in [1.29, 1.82) is 0 Å². The molecule has 0 unspecified atom stereocenters. The summed E-state index contributed by atoms with van der Waals surface area (Å²) in [5.74, 6) is 0. The highest BCUT2D eigenvalue weighted by atomic mass is 32.1. The third-order valence-corrected chi connectivity index (χ3v) is 7.81. The van der Waals surface area contributed by atoms with Gasteiger partial charge in [-0.25, -0.2) is 0 Å². The number of benzene rings is 4. The Morgan fingerprint density at radius 2 is 0.962 bits per heavy atom. The summed E-state index contributed by atoms with van der Waals surface area (Å²) in [5.41, 5.74) is 2.64. The molecule has 0 aliphatic heterocycles. The van der Waals surface area contributed by atoms with E-state index in [0.717, 1.165) is 0 Å². The van der Waals surface area contributed by atoms with Crippen LogP contribution in [0.15, 0.2) is 60.7 Å². The largest absolute Gasteiger partial charge is 0.134 e. The summed E-state index contributed by atoms with van der Waals surface area (Å²) in [5, 5.41) is 8.17. The Morgan fingerprint density at radius 3 is 1.42 bits per heavy atom. The lowest BCUT2D eigenvalue weighted by atomic mass is 10.1. The van der Waals surface area contributed by atoms with E-state index in [1.807, 2.05) is 22.7 Å². The maximum absolute atomic E-state index is 2.38. The van der Waals surface area contributed by atoms with Crippen LogP contribution in [-0.4, -0.2) is 0 Å². The molecule has 26 heavy (non-hydrogen) atoms. The Morgan fingerprint density at radius 1 is 0.500 bits per heavy atom. The maximum atomic E-state index is 2.38. The molecule has 0 radical (unpaired) electrons. The van der Waals surface area contributed by atoms with Crippen LogP contribution in [0.4, 0.5) is 0 Å². The summed E-state index contributed by atoms with van der Waals surface area (Å²) in [7, 11) is 0. The highest BCUT2D eigenvalue weighted by Crippen LogP contribution is 2.46. The molecular weight excluding hydrogens is 352 g/mol. The zero-order chi connectivity index (χ0) is 17.4. The Labute approximate surface area is 159 Å². The van der Waals surface area contributed by atoms with Crippen LogP contribution < -0.4 is 0 Å². The molecule has 0 fully saturated rings. The lowest BCUT2D eigenvalue weighted by Gasteiger charge is -2.01. The van der Waals surface area contributed by atoms with Gasteiger partial charge in [-0.1, -0.05) is 47.5 Å². The van der Waals surface area contributed by atoms with Gasteiger partial charge in [0.1, 0.15) is 0 Å². The van der Waals surface area contributed by atoms with Gasteiger partial charge in [-0.3, -0.25) is 0 Å². The lowest BCUT2D eigenvalue weighted by molar-refractivity contribution is 1.51. The Hall–Kier alpha value is -2.42. The van der Waals surface area contributed by atoms with Crippen LogP contribution in [0.5, 0.6) is 0 Å². The van der Waals surface area contributed by atoms with Crippen molar-refractivity contribution in [1.82, 2.24) is 0 Å². The van der Waals surface area contributed by atoms with Gasteiger partial charge in [0.2, 0.25) is 0 Å². The standard InChI is InChI=1S/C24H16S2/c1-13-3-5-15-9-19-21(11-17(15)7-13)25-24-20-10-16-6-4-14(2)8-18(16)12-22(20)26-23(19)24/h3-12H,1-2H3. The molecule has 0 saturated carbocycles. The van der Waals surface area contributed by atoms with Gasteiger partial charge in [0, 0.05) is 20.2 Å². The highest BCUT2D eigenvalue weighted by Gasteiger charge is 2.13. The van der Waals surface area contributed by atoms with Crippen LogP contribution in [0, 0.1) is 13.8 Å². The van der Waals surface area contributed by atoms with E-state index in [1.165, 1.54) is 62.2 Å². The van der Waals surface area contributed by atoms with Crippen LogP contribution in [0.2, 0.25) is 0 Å². The van der Waals surface area contributed by atoms with Crippen molar-refractivity contribution in [2.24, 2.45) is 0 Å². The first-order valence-corrected chi connectivity index (χ1v) is 10.5. The van der Waals surface area contributed by atoms with Crippen molar-refractivity contribution in [3.8, 4) is 0 Å². The van der Waals surface area contributed by atoms with Crippen molar-refractivity contribution in [3.05, 3.63) is 71.8 Å². The van der Waals surface area contributed by atoms with Crippen molar-refractivity contribution >= 4 is 73.8 Å². The van der Waals surface area contributed by atoms with Gasteiger partial charge in [0.05, 0.1) is 9.40 Å². The quantitative estimate of drug-likeness (QED) is 0.253. The number of hydrogen-bond acceptors (Lipinski definition) is 2. The summed E-state index contributed by atoms with van der Waals surface area (Å²) in [4.78, 5) is 0. The molecule has 0 N–H and O–H groups in total. The van der Waals surface area contributed by atoms with Gasteiger partial charge in [0.15, 0.2) is 0 Å². The molecule has 124 valence electrons. The molecule has 2 heterocycles. The van der Waals surface area contributed by atoms with E-state index in [1.54, 1.807) is 0 Å². The Kier molecular flexibility index (Phi) is 2.87. The number of fused-ring (bicyclic) bond motifs is 7. The van der Waals surface area contributed by atoms with Crippen LogP contribution in [-0.2, 0) is 0 Å². The molecular formula is C24H16S2. The molecule has 4 aromatic carbocycles. The molecule has 0 nitrogen and oxygen atoms in total. The molecule has 0 bridgehead atoms. The van der Waals surface area contributed by atoms with E-state index in [-0.39, 0.29) is 0 Å². The first-order chi connectivity index (χ1) is 12.7. The van der Waals surface area contributed by atoms with Gasteiger partial charge in [-0.2, -0.15) is 0 Å². The third-order valence-electron chi connectivity index (χ3n) is 5.31. The molecule has 0 spiro atoms. The van der Waals surface area contributed by atoms with Crippen LogP contribution in [0.1, 0.15) is 11.1 Å². The van der Waals surface area contributed by atoms with E-state index in [0.29, 0.717) is 0 Å². The number of thiophene rings is 2. The summed E-state index contributed by atoms with van der Waals surface area (Å²) in [6, 6.07) is 23.0. The molecule has 2 heteroatoms. The first kappa shape index (κ1) is 14.7. The topological polar surface area (TPSA) is 0 Å². The maximum Gasteiger partial charge on any atom is 0.0542 e. The van der Waals surface area contributed by atoms with Crippen molar-refractivity contribution < 1.29 is 0 Å². The minimum absolute atomic E-state index is 1.32. The third kappa shape index (κ3) is 2.00. The fourth-order valence-corrected chi connectivity index (χ4v) is 6.68. The summed E-state index contributed by atoms with van der Waals surface area (Å²) >= 11 is 3.88. The average molecular weight is 369 g/mol. The van der Waals surface area contributed by atoms with Crippen LogP contribution in [0.25, 0.3) is 51.1 Å². The second-order valence-electron chi connectivity index (χ2n) is 7.26. The fraction of sp³-hybridized carbons (Fsp3) is 0.0833. The van der Waals surface area contributed by atoms with Crippen molar-refractivity contribution in [2.45, 2.75) is 13.8 Å². The SMILES string of the molecule is Cc1ccc2cc3c(cc2c1)sc1c2cc4ccc(C)cc4cc2sc31. The second-order valence-corrected chi connectivity index (χ2v) is 9.36. The monoisotopic (exact) mass is 368 g/mol. The summed E-state index contributed by atoms with van der Waals surface area (Å²) < 4.78 is 5.68. The zero-order valence-corrected chi connectivity index (χ0v) is 16.2. The van der Waals surface area contributed by atoms with Gasteiger partial charge in [-0.05, 0) is 59.7 Å². The van der Waals surface area contributed by atoms with Gasteiger partial charge in [0.25, 0.3) is 0 Å². The number of aryl methyl sites for hydroxylation is 2. The van der Waals surface area contributed by atoms with Crippen molar-refractivity contribution in [3.63, 3.8) is 0 Å². The predicted molar refractivity (Wildman–Crippen MR) is 119 cm³/mol. The average Bonchev–Trinajstić information content (AvgIpc) is 3.13. The Bertz CT molecular complexity index is 1380. The minimum Gasteiger partial charge on any atom is -0.134 e. The predicted octanol–water partition coefficient (Wildman–Crippen LogP) is 8.19. The van der Waals surface area contributed by atoms with Gasteiger partial charge < -0.3 is 0 Å². The van der Waals surface area contributed by atoms with E-state index < -0.39 is 0 Å². The lowest BCUT2D eigenvalue weighted by Crippen LogP contribution is -1.75. The van der Waals surface area contributed by atoms with E-state index >= 15 is 0 Å². The zero-order valence-electron chi connectivity index (χ0n) is 14.6. The summed E-state index contributed by atoms with van der Waals surface area (Å²) in [6.45, 7) is 4.33. The van der Waals surface area contributed by atoms with Gasteiger partial charge in [-0.15, -0.1) is 22.7 Å². The molecule has 6 aromatic rings. The molecule has 0 atom stereocenters. The minimum atomic E-state index is 1.32. The number of hydrogen-bond donors (Lipinski definition) is 0. The van der Waals surface area contributed by atoms with E-state index in [4.69, 9.17) is 0 Å². The Balaban J connectivity index is 1.75. The van der Waals surface area contributed by atoms with Crippen LogP contribution >= 0.6 is 22.7 Å². The second kappa shape index (κ2) is 5.06. The molecule has 0 aliphatic carbocycles. The molecule has 0 saturated heterocycles. The van der Waals surface area contributed by atoms with E-state index in [2.05, 4.69) is 74.5 Å². The molecule has 0 amide bonds. The molecule has 2 aromatic heterocycles. The summed E-state index contributed by atoms with van der Waals surface area (Å²) in [6.07, 6.45) is 0. The first-order valence-electron chi connectivity index (χ1n) is 8.85. The normalized spacial score (nSPS) is 12.2. The fourth-order valence-electron chi connectivity index (χ4n) is 3.98. The van der Waals surface area contributed by atoms with E-state index in [9.17, 15) is 0 Å². The highest BCUT2D eigenvalue weighted by molar-refractivity contribution is 7.36. The smallest absolute Gasteiger partial charge is 0.0542 e. The number of rotatable bonds is 0. The molecule has 0 aliphatic rings. The van der Waals surface area contributed by atoms with Crippen molar-refractivity contribution in [2.75, 3.05) is 0 Å². The molecule has 6 rings (SSSR count). The van der Waals surface area contributed by atoms with Crippen LogP contribution in [0.3, 0.4) is 0 Å².